The molecule has 12 heteroatoms. The van der Waals surface area contributed by atoms with E-state index >= 15 is 0 Å². The van der Waals surface area contributed by atoms with E-state index in [0.29, 0.717) is 5.69 Å². The van der Waals surface area contributed by atoms with Crippen LogP contribution < -0.4 is 0 Å². The molecule has 4 heterocycles. The van der Waals surface area contributed by atoms with E-state index in [-0.39, 0.29) is 11.3 Å². The molecule has 2 fully saturated rings. The van der Waals surface area contributed by atoms with Gasteiger partial charge in [0.1, 0.15) is 10.7 Å². The second-order valence-corrected chi connectivity index (χ2v) is 8.59. The lowest BCUT2D eigenvalue weighted by Gasteiger charge is -2.40. The number of carbonyl (C=O) groups is 2. The highest BCUT2D eigenvalue weighted by atomic mass is 32.1. The van der Waals surface area contributed by atoms with Crippen LogP contribution in [-0.4, -0.2) is 74.1 Å². The predicted octanol–water partition coefficient (Wildman–Crippen LogP) is 2.69. The van der Waals surface area contributed by atoms with E-state index in [1.165, 1.54) is 11.4 Å². The summed E-state index contributed by atoms with van der Waals surface area (Å²) < 4.78 is 31.7. The van der Waals surface area contributed by atoms with Crippen molar-refractivity contribution in [3.8, 4) is 0 Å². The third-order valence-electron chi connectivity index (χ3n) is 5.33. The lowest BCUT2D eigenvalue weighted by atomic mass is 9.79. The number of carbonyl (C=O) groups excluding carboxylic acids is 1. The second-order valence-electron chi connectivity index (χ2n) is 7.61. The highest BCUT2D eigenvalue weighted by Crippen LogP contribution is 2.39. The van der Waals surface area contributed by atoms with Crippen LogP contribution in [0.1, 0.15) is 34.8 Å². The summed E-state index contributed by atoms with van der Waals surface area (Å²) >= 11 is 1.72. The fraction of sp³-hybridized carbons (Fsp3) is 0.526. The third-order valence-corrected chi connectivity index (χ3v) is 6.10. The van der Waals surface area contributed by atoms with Gasteiger partial charge in [0.2, 0.25) is 0 Å². The van der Waals surface area contributed by atoms with Crippen LogP contribution in [0.4, 0.5) is 13.2 Å². The highest BCUT2D eigenvalue weighted by Gasteiger charge is 2.42. The molecule has 0 bridgehead atoms. The van der Waals surface area contributed by atoms with E-state index in [4.69, 9.17) is 9.90 Å². The van der Waals surface area contributed by atoms with Crippen molar-refractivity contribution in [1.82, 2.24) is 24.8 Å². The number of halogens is 3. The fourth-order valence-corrected chi connectivity index (χ4v) is 4.63. The minimum atomic E-state index is -5.08. The van der Waals surface area contributed by atoms with Crippen LogP contribution in [0, 0.1) is 5.41 Å². The van der Waals surface area contributed by atoms with Crippen LogP contribution in [0.25, 0.3) is 0 Å². The number of aliphatic carboxylic acids is 1. The standard InChI is InChI=1S/C17H21N5OS.C2HF3O2/c23-16(14-10-18-4-5-19-14)22-7-1-2-17(13-22)3-8-21(12-17)11-15-20-6-9-24-15;3-2(4,5)1(6)7/h4-6,9-10H,1-3,7-8,11-13H2;(H,6,7). The number of rotatable bonds is 3. The van der Waals surface area contributed by atoms with Gasteiger partial charge in [0.05, 0.1) is 12.7 Å². The average Bonchev–Trinajstić information content (AvgIpc) is 3.38. The van der Waals surface area contributed by atoms with E-state index in [1.807, 2.05) is 16.5 Å². The quantitative estimate of drug-likeness (QED) is 0.757. The number of hydrogen-bond acceptors (Lipinski definition) is 7. The Kier molecular flexibility index (Phi) is 7.21. The number of thiazole rings is 1. The smallest absolute Gasteiger partial charge is 0.475 e. The molecule has 2 aliphatic heterocycles. The molecular weight excluding hydrogens is 435 g/mol. The first-order valence-electron chi connectivity index (χ1n) is 9.65. The highest BCUT2D eigenvalue weighted by molar-refractivity contribution is 7.09. The van der Waals surface area contributed by atoms with Crippen molar-refractivity contribution < 1.29 is 27.9 Å². The molecule has 0 saturated carbocycles. The second kappa shape index (κ2) is 9.69. The summed E-state index contributed by atoms with van der Waals surface area (Å²) in [5.74, 6) is -2.74. The number of hydrogen-bond donors (Lipinski definition) is 1. The molecule has 2 saturated heterocycles. The van der Waals surface area contributed by atoms with Gasteiger partial charge in [-0.1, -0.05) is 0 Å². The zero-order chi connectivity index (χ0) is 22.5. The zero-order valence-electron chi connectivity index (χ0n) is 16.6. The van der Waals surface area contributed by atoms with Gasteiger partial charge in [-0.3, -0.25) is 14.7 Å². The van der Waals surface area contributed by atoms with Crippen molar-refractivity contribution in [2.75, 3.05) is 26.2 Å². The largest absolute Gasteiger partial charge is 0.490 e. The normalized spacial score (nSPS) is 21.6. The predicted molar refractivity (Wildman–Crippen MR) is 105 cm³/mol. The summed E-state index contributed by atoms with van der Waals surface area (Å²) in [6.45, 7) is 4.72. The molecule has 0 aromatic carbocycles. The van der Waals surface area contributed by atoms with E-state index in [9.17, 15) is 18.0 Å². The van der Waals surface area contributed by atoms with E-state index in [0.717, 1.165) is 45.6 Å². The summed E-state index contributed by atoms with van der Waals surface area (Å²) in [5, 5.41) is 10.3. The number of carboxylic acid groups (broad SMARTS) is 1. The molecular formula is C19H22F3N5O3S. The maximum atomic E-state index is 12.7. The average molecular weight is 457 g/mol. The van der Waals surface area contributed by atoms with Crippen LogP contribution >= 0.6 is 11.3 Å². The van der Waals surface area contributed by atoms with Gasteiger partial charge in [0.25, 0.3) is 5.91 Å². The summed E-state index contributed by atoms with van der Waals surface area (Å²) in [6.07, 6.45) is 4.95. The van der Waals surface area contributed by atoms with Crippen molar-refractivity contribution in [1.29, 1.82) is 0 Å². The molecule has 1 amide bonds. The van der Waals surface area contributed by atoms with E-state index in [1.54, 1.807) is 29.9 Å². The zero-order valence-corrected chi connectivity index (χ0v) is 17.4. The Bertz CT molecular complexity index is 882. The van der Waals surface area contributed by atoms with Crippen molar-refractivity contribution in [2.24, 2.45) is 5.41 Å². The molecule has 4 rings (SSSR count). The Balaban J connectivity index is 0.000000339. The first-order valence-corrected chi connectivity index (χ1v) is 10.5. The first kappa shape index (κ1) is 23.1. The van der Waals surface area contributed by atoms with E-state index < -0.39 is 12.1 Å². The summed E-state index contributed by atoms with van der Waals surface area (Å²) in [7, 11) is 0. The molecule has 2 aromatic heterocycles. The molecule has 0 aliphatic carbocycles. The fourth-order valence-electron chi connectivity index (χ4n) is 3.97. The van der Waals surface area contributed by atoms with Gasteiger partial charge in [0, 0.05) is 49.0 Å². The van der Waals surface area contributed by atoms with Gasteiger partial charge in [-0.2, -0.15) is 13.2 Å². The molecule has 2 aromatic rings. The molecule has 1 unspecified atom stereocenters. The lowest BCUT2D eigenvalue weighted by Crippen LogP contribution is -2.47. The maximum Gasteiger partial charge on any atom is 0.490 e. The van der Waals surface area contributed by atoms with Gasteiger partial charge in [-0.05, 0) is 25.8 Å². The molecule has 0 radical (unpaired) electrons. The molecule has 1 N–H and O–H groups in total. The van der Waals surface area contributed by atoms with E-state index in [2.05, 4.69) is 19.9 Å². The van der Waals surface area contributed by atoms with Gasteiger partial charge >= 0.3 is 12.1 Å². The Labute approximate surface area is 180 Å². The number of nitrogens with zero attached hydrogens (tertiary/aromatic N) is 5. The SMILES string of the molecule is O=C(O)C(F)(F)F.O=C(c1cnccn1)N1CCCC2(CCN(Cc3nccs3)C2)C1. The number of piperidine rings is 1. The number of alkyl halides is 3. The van der Waals surface area contributed by atoms with Gasteiger partial charge in [-0.15, -0.1) is 11.3 Å². The third kappa shape index (κ3) is 6.20. The van der Waals surface area contributed by atoms with Crippen LogP contribution in [0.15, 0.2) is 30.2 Å². The monoisotopic (exact) mass is 457 g/mol. The Morgan fingerprint density at radius 1 is 1.13 bits per heavy atom. The molecule has 2 aliphatic rings. The summed E-state index contributed by atoms with van der Waals surface area (Å²) in [6, 6.07) is 0. The molecule has 1 spiro atoms. The van der Waals surface area contributed by atoms with Crippen molar-refractivity contribution in [3.63, 3.8) is 0 Å². The molecule has 1 atom stereocenters. The summed E-state index contributed by atoms with van der Waals surface area (Å²) in [5.41, 5.74) is 0.681. The van der Waals surface area contributed by atoms with Crippen LogP contribution in [0.2, 0.25) is 0 Å². The first-order chi connectivity index (χ1) is 14.7. The molecule has 8 nitrogen and oxygen atoms in total. The number of carboxylic acids is 1. The minimum absolute atomic E-state index is 0.0144. The van der Waals surface area contributed by atoms with Crippen LogP contribution in [0.3, 0.4) is 0 Å². The molecule has 31 heavy (non-hydrogen) atoms. The van der Waals surface area contributed by atoms with Crippen molar-refractivity contribution in [2.45, 2.75) is 32.0 Å². The van der Waals surface area contributed by atoms with Gasteiger partial charge < -0.3 is 10.0 Å². The number of aromatic nitrogens is 3. The number of likely N-dealkylation sites (tertiary alicyclic amines) is 2. The van der Waals surface area contributed by atoms with Crippen molar-refractivity contribution in [3.05, 3.63) is 40.9 Å². The topological polar surface area (TPSA) is 99.5 Å². The van der Waals surface area contributed by atoms with Gasteiger partial charge in [0.15, 0.2) is 0 Å². The maximum absolute atomic E-state index is 12.7. The van der Waals surface area contributed by atoms with Crippen molar-refractivity contribution >= 4 is 23.2 Å². The van der Waals surface area contributed by atoms with Gasteiger partial charge in [-0.25, -0.2) is 14.8 Å². The van der Waals surface area contributed by atoms with Crippen LogP contribution in [-0.2, 0) is 11.3 Å². The minimum Gasteiger partial charge on any atom is -0.475 e. The summed E-state index contributed by atoms with van der Waals surface area (Å²) in [4.78, 5) is 38.6. The Morgan fingerprint density at radius 2 is 1.90 bits per heavy atom. The Hall–Kier alpha value is -2.60. The molecule has 168 valence electrons. The number of amides is 1. The van der Waals surface area contributed by atoms with Crippen LogP contribution in [0.5, 0.6) is 0 Å². The Morgan fingerprint density at radius 3 is 2.52 bits per heavy atom. The lowest BCUT2D eigenvalue weighted by molar-refractivity contribution is -0.192.